The molecule has 5 nitrogen and oxygen atoms in total. The fourth-order valence-corrected chi connectivity index (χ4v) is 2.45. The smallest absolute Gasteiger partial charge is 0.326 e. The van der Waals surface area contributed by atoms with Crippen molar-refractivity contribution in [2.45, 2.75) is 12.5 Å². The van der Waals surface area contributed by atoms with Crippen LogP contribution in [0, 0.1) is 0 Å². The third-order valence-electron chi connectivity index (χ3n) is 3.22. The molecule has 2 aromatic rings. The number of benzene rings is 2. The maximum Gasteiger partial charge on any atom is 0.326 e. The molecule has 0 saturated carbocycles. The molecule has 0 aliphatic carbocycles. The molecule has 0 saturated heterocycles. The summed E-state index contributed by atoms with van der Waals surface area (Å²) in [5.41, 5.74) is 6.92. The largest absolute Gasteiger partial charge is 0.480 e. The number of nitrogens with two attached hydrogens (primary N) is 1. The maximum absolute atomic E-state index is 12.3. The maximum atomic E-state index is 12.3. The van der Waals surface area contributed by atoms with E-state index < -0.39 is 17.9 Å². The van der Waals surface area contributed by atoms with Gasteiger partial charge in [0, 0.05) is 21.6 Å². The number of carboxylic acids is 1. The number of amides is 1. The van der Waals surface area contributed by atoms with E-state index in [4.69, 9.17) is 17.3 Å². The standard InChI is InChI=1S/C16H14BrClN2O3/c17-10-3-1-9(2-4-10)7-14(16(22)23)20-15(21)12-8-11(18)5-6-13(12)19/h1-6,8,14H,7,19H2,(H,20,21)(H,22,23). The Morgan fingerprint density at radius 3 is 2.48 bits per heavy atom. The first kappa shape index (κ1) is 17.3. The van der Waals surface area contributed by atoms with Crippen molar-refractivity contribution in [2.75, 3.05) is 5.73 Å². The summed E-state index contributed by atoms with van der Waals surface area (Å²) >= 11 is 9.16. The van der Waals surface area contributed by atoms with Crippen LogP contribution < -0.4 is 11.1 Å². The minimum atomic E-state index is -1.12. The Morgan fingerprint density at radius 2 is 1.87 bits per heavy atom. The molecule has 7 heteroatoms. The molecule has 0 aromatic heterocycles. The molecule has 0 spiro atoms. The second-order valence-corrected chi connectivity index (χ2v) is 6.28. The highest BCUT2D eigenvalue weighted by Gasteiger charge is 2.22. The Bertz CT molecular complexity index is 735. The van der Waals surface area contributed by atoms with Crippen molar-refractivity contribution in [1.82, 2.24) is 5.32 Å². The molecule has 0 radical (unpaired) electrons. The van der Waals surface area contributed by atoms with Crippen molar-refractivity contribution in [2.24, 2.45) is 0 Å². The van der Waals surface area contributed by atoms with Gasteiger partial charge in [0.2, 0.25) is 0 Å². The quantitative estimate of drug-likeness (QED) is 0.676. The van der Waals surface area contributed by atoms with Gasteiger partial charge < -0.3 is 16.2 Å². The summed E-state index contributed by atoms with van der Waals surface area (Å²) < 4.78 is 0.892. The Hall–Kier alpha value is -2.05. The lowest BCUT2D eigenvalue weighted by Crippen LogP contribution is -2.42. The normalized spacial score (nSPS) is 11.7. The number of aliphatic carboxylic acids is 1. The van der Waals surface area contributed by atoms with Gasteiger partial charge in [-0.2, -0.15) is 0 Å². The van der Waals surface area contributed by atoms with Crippen LogP contribution in [0.15, 0.2) is 46.9 Å². The Labute approximate surface area is 146 Å². The van der Waals surface area contributed by atoms with Gasteiger partial charge in [0.1, 0.15) is 6.04 Å². The molecule has 1 amide bonds. The van der Waals surface area contributed by atoms with E-state index in [-0.39, 0.29) is 17.7 Å². The number of hydrogen-bond acceptors (Lipinski definition) is 3. The second kappa shape index (κ2) is 7.48. The van der Waals surface area contributed by atoms with Crippen LogP contribution in [0.1, 0.15) is 15.9 Å². The van der Waals surface area contributed by atoms with Crippen LogP contribution in [-0.4, -0.2) is 23.0 Å². The van der Waals surface area contributed by atoms with Crippen molar-refractivity contribution >= 4 is 45.1 Å². The van der Waals surface area contributed by atoms with E-state index in [9.17, 15) is 14.7 Å². The van der Waals surface area contributed by atoms with Gasteiger partial charge in [-0.05, 0) is 35.9 Å². The lowest BCUT2D eigenvalue weighted by molar-refractivity contribution is -0.139. The SMILES string of the molecule is Nc1ccc(Cl)cc1C(=O)NC(Cc1ccc(Br)cc1)C(=O)O. The van der Waals surface area contributed by atoms with Crippen molar-refractivity contribution < 1.29 is 14.7 Å². The summed E-state index contributed by atoms with van der Waals surface area (Å²) in [6, 6.07) is 10.6. The summed E-state index contributed by atoms with van der Waals surface area (Å²) in [7, 11) is 0. The minimum Gasteiger partial charge on any atom is -0.480 e. The number of carbonyl (C=O) groups is 2. The molecule has 1 atom stereocenters. The number of rotatable bonds is 5. The third-order valence-corrected chi connectivity index (χ3v) is 3.98. The minimum absolute atomic E-state index is 0.152. The molecule has 23 heavy (non-hydrogen) atoms. The average molecular weight is 398 g/mol. The van der Waals surface area contributed by atoms with Gasteiger partial charge in [0.05, 0.1) is 5.56 Å². The molecule has 2 rings (SSSR count). The lowest BCUT2D eigenvalue weighted by atomic mass is 10.1. The summed E-state index contributed by atoms with van der Waals surface area (Å²) in [4.78, 5) is 23.7. The van der Waals surface area contributed by atoms with Gasteiger partial charge in [-0.15, -0.1) is 0 Å². The van der Waals surface area contributed by atoms with E-state index in [0.29, 0.717) is 5.02 Å². The van der Waals surface area contributed by atoms with E-state index in [1.54, 1.807) is 18.2 Å². The summed E-state index contributed by atoms with van der Waals surface area (Å²) in [5, 5.41) is 12.2. The fraction of sp³-hybridized carbons (Fsp3) is 0.125. The Morgan fingerprint density at radius 1 is 1.22 bits per heavy atom. The number of nitrogens with one attached hydrogen (secondary N) is 1. The third kappa shape index (κ3) is 4.71. The van der Waals surface area contributed by atoms with Crippen molar-refractivity contribution in [3.05, 3.63) is 63.1 Å². The molecule has 1 unspecified atom stereocenters. The fourth-order valence-electron chi connectivity index (χ4n) is 2.02. The molecule has 0 fully saturated rings. The highest BCUT2D eigenvalue weighted by atomic mass is 79.9. The lowest BCUT2D eigenvalue weighted by Gasteiger charge is -2.15. The highest BCUT2D eigenvalue weighted by molar-refractivity contribution is 9.10. The zero-order valence-corrected chi connectivity index (χ0v) is 14.3. The van der Waals surface area contributed by atoms with Gasteiger partial charge in [-0.1, -0.05) is 39.7 Å². The number of hydrogen-bond donors (Lipinski definition) is 3. The van der Waals surface area contributed by atoms with Crippen LogP contribution in [0.25, 0.3) is 0 Å². The molecule has 0 heterocycles. The van der Waals surface area contributed by atoms with Gasteiger partial charge in [-0.3, -0.25) is 4.79 Å². The zero-order valence-electron chi connectivity index (χ0n) is 11.9. The number of halogens is 2. The first-order chi connectivity index (χ1) is 10.9. The van der Waals surface area contributed by atoms with Crippen LogP contribution in [0.4, 0.5) is 5.69 Å². The van der Waals surface area contributed by atoms with E-state index in [1.165, 1.54) is 12.1 Å². The highest BCUT2D eigenvalue weighted by Crippen LogP contribution is 2.18. The molecule has 2 aromatic carbocycles. The van der Waals surface area contributed by atoms with Crippen LogP contribution in [0.2, 0.25) is 5.02 Å². The van der Waals surface area contributed by atoms with E-state index in [2.05, 4.69) is 21.2 Å². The molecular weight excluding hydrogens is 384 g/mol. The predicted molar refractivity (Wildman–Crippen MR) is 92.6 cm³/mol. The van der Waals surface area contributed by atoms with Crippen molar-refractivity contribution in [3.63, 3.8) is 0 Å². The van der Waals surface area contributed by atoms with Crippen molar-refractivity contribution in [3.8, 4) is 0 Å². The molecule has 0 bridgehead atoms. The zero-order chi connectivity index (χ0) is 17.0. The second-order valence-electron chi connectivity index (χ2n) is 4.93. The predicted octanol–water partition coefficient (Wildman–Crippen LogP) is 3.11. The number of carbonyl (C=O) groups excluding carboxylic acids is 1. The summed E-state index contributed by atoms with van der Waals surface area (Å²) in [5.74, 6) is -1.70. The average Bonchev–Trinajstić information content (AvgIpc) is 2.51. The van der Waals surface area contributed by atoms with Crippen LogP contribution in [0.3, 0.4) is 0 Å². The monoisotopic (exact) mass is 396 g/mol. The number of nitrogen functional groups attached to an aromatic ring is 1. The molecular formula is C16H14BrClN2O3. The molecule has 120 valence electrons. The summed E-state index contributed by atoms with van der Waals surface area (Å²) in [6.45, 7) is 0. The van der Waals surface area contributed by atoms with Gasteiger partial charge >= 0.3 is 5.97 Å². The van der Waals surface area contributed by atoms with Crippen LogP contribution >= 0.6 is 27.5 Å². The first-order valence-corrected chi connectivity index (χ1v) is 7.87. The van der Waals surface area contributed by atoms with Gasteiger partial charge in [0.25, 0.3) is 5.91 Å². The molecule has 4 N–H and O–H groups in total. The number of carboxylic acid groups (broad SMARTS) is 1. The van der Waals surface area contributed by atoms with Gasteiger partial charge in [0.15, 0.2) is 0 Å². The van der Waals surface area contributed by atoms with E-state index >= 15 is 0 Å². The van der Waals surface area contributed by atoms with Crippen LogP contribution in [0.5, 0.6) is 0 Å². The summed E-state index contributed by atoms with van der Waals surface area (Å²) in [6.07, 6.45) is 0.162. The van der Waals surface area contributed by atoms with Gasteiger partial charge in [-0.25, -0.2) is 4.79 Å². The number of anilines is 1. The van der Waals surface area contributed by atoms with Crippen LogP contribution in [-0.2, 0) is 11.2 Å². The topological polar surface area (TPSA) is 92.4 Å². The van der Waals surface area contributed by atoms with Crippen molar-refractivity contribution in [1.29, 1.82) is 0 Å². The Kier molecular flexibility index (Phi) is 5.63. The first-order valence-electron chi connectivity index (χ1n) is 6.70. The molecule has 0 aliphatic rings. The Balaban J connectivity index is 2.15. The molecule has 0 aliphatic heterocycles. The van der Waals surface area contributed by atoms with E-state index in [1.807, 2.05) is 12.1 Å². The van der Waals surface area contributed by atoms with E-state index in [0.717, 1.165) is 10.0 Å².